The highest BCUT2D eigenvalue weighted by atomic mass is 19.1. The molecule has 4 heteroatoms. The van der Waals surface area contributed by atoms with Gasteiger partial charge in [0.1, 0.15) is 5.82 Å². The number of halogens is 1. The van der Waals surface area contributed by atoms with Crippen LogP contribution in [0.15, 0.2) is 18.2 Å². The monoisotopic (exact) mass is 223 g/mol. The minimum Gasteiger partial charge on any atom is -0.396 e. The van der Waals surface area contributed by atoms with Gasteiger partial charge in [0.15, 0.2) is 5.78 Å². The lowest BCUT2D eigenvalue weighted by Crippen LogP contribution is -2.24. The number of carbonyl (C=O) groups excluding carboxylic acids is 1. The molecule has 16 heavy (non-hydrogen) atoms. The molecule has 0 bridgehead atoms. The van der Waals surface area contributed by atoms with Gasteiger partial charge in [0, 0.05) is 24.7 Å². The molecule has 1 aromatic carbocycles. The summed E-state index contributed by atoms with van der Waals surface area (Å²) < 4.78 is 18.4. The average Bonchev–Trinajstić information content (AvgIpc) is 2.33. The van der Waals surface area contributed by atoms with Crippen molar-refractivity contribution >= 4 is 11.5 Å². The second-order valence-electron chi connectivity index (χ2n) is 3.95. The molecule has 86 valence electrons. The molecule has 2 rings (SSSR count). The van der Waals surface area contributed by atoms with Crippen molar-refractivity contribution in [1.29, 1.82) is 0 Å². The molecule has 2 N–H and O–H groups in total. The van der Waals surface area contributed by atoms with Crippen molar-refractivity contribution in [2.75, 3.05) is 18.9 Å². The van der Waals surface area contributed by atoms with E-state index in [1.165, 1.54) is 12.1 Å². The van der Waals surface area contributed by atoms with Gasteiger partial charge in [0.05, 0.1) is 5.69 Å². The first-order valence-electron chi connectivity index (χ1n) is 5.36. The van der Waals surface area contributed by atoms with Crippen molar-refractivity contribution < 1.29 is 13.9 Å². The van der Waals surface area contributed by atoms with Crippen LogP contribution in [0.1, 0.15) is 23.2 Å². The van der Waals surface area contributed by atoms with E-state index in [0.29, 0.717) is 31.6 Å². The summed E-state index contributed by atoms with van der Waals surface area (Å²) in [4.78, 5) is 12.1. The zero-order valence-electron chi connectivity index (χ0n) is 8.91. The summed E-state index contributed by atoms with van der Waals surface area (Å²) in [6.07, 6.45) is 1.38. The van der Waals surface area contributed by atoms with Gasteiger partial charge in [-0.05, 0) is 25.0 Å². The number of ether oxygens (including phenoxy) is 1. The summed E-state index contributed by atoms with van der Waals surface area (Å²) in [5, 5.41) is 0. The molecule has 0 unspecified atom stereocenters. The van der Waals surface area contributed by atoms with E-state index in [1.807, 2.05) is 0 Å². The maximum absolute atomic E-state index is 13.2. The van der Waals surface area contributed by atoms with Crippen molar-refractivity contribution in [1.82, 2.24) is 0 Å². The highest BCUT2D eigenvalue weighted by Crippen LogP contribution is 2.24. The first kappa shape index (κ1) is 11.1. The largest absolute Gasteiger partial charge is 0.396 e. The molecule has 0 atom stereocenters. The normalized spacial score (nSPS) is 17.3. The van der Waals surface area contributed by atoms with Crippen LogP contribution >= 0.6 is 0 Å². The van der Waals surface area contributed by atoms with E-state index in [9.17, 15) is 9.18 Å². The Morgan fingerprint density at radius 2 is 2.06 bits per heavy atom. The number of hydrogen-bond acceptors (Lipinski definition) is 3. The summed E-state index contributed by atoms with van der Waals surface area (Å²) in [5.41, 5.74) is 5.82. The predicted molar refractivity (Wildman–Crippen MR) is 58.7 cm³/mol. The number of rotatable bonds is 2. The van der Waals surface area contributed by atoms with Gasteiger partial charge >= 0.3 is 0 Å². The first-order chi connectivity index (χ1) is 7.70. The number of hydrogen-bond donors (Lipinski definition) is 1. The Morgan fingerprint density at radius 3 is 2.75 bits per heavy atom. The van der Waals surface area contributed by atoms with Crippen LogP contribution in [-0.2, 0) is 4.74 Å². The van der Waals surface area contributed by atoms with Crippen LogP contribution in [0.2, 0.25) is 0 Å². The molecule has 1 saturated heterocycles. The molecule has 0 saturated carbocycles. The lowest BCUT2D eigenvalue weighted by molar-refractivity contribution is 0.0545. The summed E-state index contributed by atoms with van der Waals surface area (Å²) >= 11 is 0. The van der Waals surface area contributed by atoms with Gasteiger partial charge < -0.3 is 10.5 Å². The van der Waals surface area contributed by atoms with Crippen LogP contribution in [0.4, 0.5) is 10.1 Å². The lowest BCUT2D eigenvalue weighted by atomic mass is 9.90. The molecule has 0 spiro atoms. The molecule has 0 amide bonds. The van der Waals surface area contributed by atoms with Gasteiger partial charge in [-0.1, -0.05) is 6.07 Å². The van der Waals surface area contributed by atoms with E-state index >= 15 is 0 Å². The van der Waals surface area contributed by atoms with Gasteiger partial charge in [-0.15, -0.1) is 0 Å². The molecule has 1 fully saturated rings. The SMILES string of the molecule is Nc1c(F)cccc1C(=O)C1CCOCC1. The number of nitrogen functional groups attached to an aromatic ring is 1. The molecular weight excluding hydrogens is 209 g/mol. The highest BCUT2D eigenvalue weighted by molar-refractivity contribution is 6.02. The number of ketones is 1. The van der Waals surface area contributed by atoms with E-state index < -0.39 is 5.82 Å². The number of Topliss-reactive ketones (excluding diaryl/α,β-unsaturated/α-hetero) is 1. The Labute approximate surface area is 93.4 Å². The number of benzene rings is 1. The van der Waals surface area contributed by atoms with Crippen LogP contribution in [0.25, 0.3) is 0 Å². The zero-order chi connectivity index (χ0) is 11.5. The standard InChI is InChI=1S/C12H14FNO2/c13-10-3-1-2-9(11(10)14)12(15)8-4-6-16-7-5-8/h1-3,8H,4-7,14H2. The van der Waals surface area contributed by atoms with Crippen LogP contribution in [-0.4, -0.2) is 19.0 Å². The van der Waals surface area contributed by atoms with E-state index in [2.05, 4.69) is 0 Å². The maximum atomic E-state index is 13.2. The Bertz CT molecular complexity index is 400. The van der Waals surface area contributed by atoms with Gasteiger partial charge in [-0.3, -0.25) is 4.79 Å². The second kappa shape index (κ2) is 4.61. The van der Waals surface area contributed by atoms with Crippen molar-refractivity contribution in [3.63, 3.8) is 0 Å². The third kappa shape index (κ3) is 2.07. The van der Waals surface area contributed by atoms with E-state index in [-0.39, 0.29) is 17.4 Å². The topological polar surface area (TPSA) is 52.3 Å². The Morgan fingerprint density at radius 1 is 1.38 bits per heavy atom. The van der Waals surface area contributed by atoms with Crippen LogP contribution in [0.3, 0.4) is 0 Å². The summed E-state index contributed by atoms with van der Waals surface area (Å²) in [6.45, 7) is 1.18. The fourth-order valence-electron chi connectivity index (χ4n) is 1.93. The molecule has 3 nitrogen and oxygen atoms in total. The molecule has 0 aromatic heterocycles. The van der Waals surface area contributed by atoms with Crippen LogP contribution in [0.5, 0.6) is 0 Å². The fraction of sp³-hybridized carbons (Fsp3) is 0.417. The molecular formula is C12H14FNO2. The molecule has 0 aliphatic carbocycles. The van der Waals surface area contributed by atoms with Gasteiger partial charge in [-0.2, -0.15) is 0 Å². The second-order valence-corrected chi connectivity index (χ2v) is 3.95. The van der Waals surface area contributed by atoms with E-state index in [4.69, 9.17) is 10.5 Å². The molecule has 1 aliphatic rings. The Kier molecular flexibility index (Phi) is 3.19. The van der Waals surface area contributed by atoms with Gasteiger partial charge in [0.2, 0.25) is 0 Å². The first-order valence-corrected chi connectivity index (χ1v) is 5.36. The fourth-order valence-corrected chi connectivity index (χ4v) is 1.93. The molecule has 0 radical (unpaired) electrons. The molecule has 1 aromatic rings. The third-order valence-electron chi connectivity index (χ3n) is 2.91. The summed E-state index contributed by atoms with van der Waals surface area (Å²) in [5.74, 6) is -0.684. The maximum Gasteiger partial charge on any atom is 0.168 e. The number of para-hydroxylation sites is 1. The smallest absolute Gasteiger partial charge is 0.168 e. The van der Waals surface area contributed by atoms with Gasteiger partial charge in [0.25, 0.3) is 0 Å². The minimum atomic E-state index is -0.530. The minimum absolute atomic E-state index is 0.0426. The molecule has 1 heterocycles. The highest BCUT2D eigenvalue weighted by Gasteiger charge is 2.24. The van der Waals surface area contributed by atoms with Crippen molar-refractivity contribution in [2.24, 2.45) is 5.92 Å². The van der Waals surface area contributed by atoms with E-state index in [0.717, 1.165) is 0 Å². The Hall–Kier alpha value is -1.42. The molecule has 1 aliphatic heterocycles. The van der Waals surface area contributed by atoms with E-state index in [1.54, 1.807) is 6.07 Å². The number of nitrogens with two attached hydrogens (primary N) is 1. The zero-order valence-corrected chi connectivity index (χ0v) is 8.91. The number of carbonyl (C=O) groups is 1. The van der Waals surface area contributed by atoms with Gasteiger partial charge in [-0.25, -0.2) is 4.39 Å². The average molecular weight is 223 g/mol. The predicted octanol–water partition coefficient (Wildman–Crippen LogP) is 2.02. The van der Waals surface area contributed by atoms with Crippen LogP contribution in [0, 0.1) is 11.7 Å². The van der Waals surface area contributed by atoms with Crippen molar-refractivity contribution in [2.45, 2.75) is 12.8 Å². The quantitative estimate of drug-likeness (QED) is 0.616. The third-order valence-corrected chi connectivity index (χ3v) is 2.91. The van der Waals surface area contributed by atoms with Crippen molar-refractivity contribution in [3.8, 4) is 0 Å². The van der Waals surface area contributed by atoms with Crippen LogP contribution < -0.4 is 5.73 Å². The Balaban J connectivity index is 2.22. The number of anilines is 1. The summed E-state index contributed by atoms with van der Waals surface area (Å²) in [7, 11) is 0. The lowest BCUT2D eigenvalue weighted by Gasteiger charge is -2.21. The van der Waals surface area contributed by atoms with Crippen molar-refractivity contribution in [3.05, 3.63) is 29.6 Å². The summed E-state index contributed by atoms with van der Waals surface area (Å²) in [6, 6.07) is 4.35.